The Hall–Kier alpha value is -2.77. The first-order chi connectivity index (χ1) is 13.5. The van der Waals surface area contributed by atoms with Crippen molar-refractivity contribution in [3.05, 3.63) is 74.8 Å². The quantitative estimate of drug-likeness (QED) is 0.455. The number of benzene rings is 2. The fourth-order valence-electron chi connectivity index (χ4n) is 3.15. The van der Waals surface area contributed by atoms with Crippen LogP contribution in [0.3, 0.4) is 0 Å². The predicted molar refractivity (Wildman–Crippen MR) is 108 cm³/mol. The summed E-state index contributed by atoms with van der Waals surface area (Å²) in [5.74, 6) is -0.153. The van der Waals surface area contributed by atoms with E-state index in [1.165, 1.54) is 23.9 Å². The fourth-order valence-corrected chi connectivity index (χ4v) is 3.27. The molecular formula is C20H21ClN4O3. The zero-order chi connectivity index (χ0) is 19.9. The van der Waals surface area contributed by atoms with Crippen LogP contribution in [0, 0.1) is 16.0 Å². The highest BCUT2D eigenvalue weighted by atomic mass is 35.5. The molecule has 0 unspecified atom stereocenters. The topological polar surface area (TPSA) is 87.8 Å². The van der Waals surface area contributed by atoms with E-state index in [-0.39, 0.29) is 17.5 Å². The number of hydrazone groups is 1. The van der Waals surface area contributed by atoms with Gasteiger partial charge in [0.2, 0.25) is 5.91 Å². The molecule has 146 valence electrons. The predicted octanol–water partition coefficient (Wildman–Crippen LogP) is 3.61. The largest absolute Gasteiger partial charge is 0.299 e. The Morgan fingerprint density at radius 3 is 2.43 bits per heavy atom. The van der Waals surface area contributed by atoms with Crippen LogP contribution in [0.5, 0.6) is 0 Å². The number of nitro groups is 1. The Labute approximate surface area is 168 Å². The number of piperidine rings is 1. The van der Waals surface area contributed by atoms with Gasteiger partial charge in [0.25, 0.3) is 5.69 Å². The molecule has 0 spiro atoms. The van der Waals surface area contributed by atoms with Crippen molar-refractivity contribution in [1.82, 2.24) is 10.3 Å². The van der Waals surface area contributed by atoms with Crippen LogP contribution in [0.25, 0.3) is 0 Å². The first-order valence-electron chi connectivity index (χ1n) is 9.05. The number of likely N-dealkylation sites (tertiary alicyclic amines) is 1. The summed E-state index contributed by atoms with van der Waals surface area (Å²) in [6.45, 7) is 2.56. The number of hydrogen-bond donors (Lipinski definition) is 1. The van der Waals surface area contributed by atoms with Crippen LogP contribution in [0.1, 0.15) is 24.0 Å². The van der Waals surface area contributed by atoms with Crippen molar-refractivity contribution in [2.24, 2.45) is 11.0 Å². The summed E-state index contributed by atoms with van der Waals surface area (Å²) >= 11 is 5.91. The molecule has 3 rings (SSSR count). The Bertz CT molecular complexity index is 845. The second-order valence-electron chi connectivity index (χ2n) is 6.76. The molecule has 1 amide bonds. The zero-order valence-electron chi connectivity index (χ0n) is 15.3. The number of amides is 1. The number of rotatable bonds is 6. The maximum atomic E-state index is 12.3. The first kappa shape index (κ1) is 20.0. The van der Waals surface area contributed by atoms with E-state index in [4.69, 9.17) is 11.6 Å². The van der Waals surface area contributed by atoms with Gasteiger partial charge in [0.1, 0.15) is 0 Å². The van der Waals surface area contributed by atoms with E-state index in [0.717, 1.165) is 37.5 Å². The van der Waals surface area contributed by atoms with Gasteiger partial charge >= 0.3 is 0 Å². The van der Waals surface area contributed by atoms with E-state index in [9.17, 15) is 14.9 Å². The number of hydrogen-bond acceptors (Lipinski definition) is 5. The molecule has 8 heteroatoms. The molecule has 2 aromatic rings. The normalized spacial score (nSPS) is 15.6. The monoisotopic (exact) mass is 400 g/mol. The van der Waals surface area contributed by atoms with E-state index in [1.54, 1.807) is 12.1 Å². The molecule has 1 N–H and O–H groups in total. The van der Waals surface area contributed by atoms with Gasteiger partial charge in [-0.05, 0) is 61.3 Å². The summed E-state index contributed by atoms with van der Waals surface area (Å²) in [6.07, 6.45) is 3.05. The average molecular weight is 401 g/mol. The van der Waals surface area contributed by atoms with Gasteiger partial charge in [0.15, 0.2) is 0 Å². The van der Waals surface area contributed by atoms with Crippen molar-refractivity contribution in [2.75, 3.05) is 13.1 Å². The SMILES string of the molecule is O=C(N/N=C\c1ccc([N+](=O)[O-])cc1)C1CCN(Cc2ccc(Cl)cc2)CC1. The standard InChI is InChI=1S/C20H21ClN4O3/c21-18-5-1-16(2-6-18)14-24-11-9-17(10-12-24)20(26)23-22-13-15-3-7-19(8-4-15)25(27)28/h1-8,13,17H,9-12,14H2,(H,23,26)/b22-13-. The highest BCUT2D eigenvalue weighted by Crippen LogP contribution is 2.20. The Morgan fingerprint density at radius 2 is 1.82 bits per heavy atom. The minimum Gasteiger partial charge on any atom is -0.299 e. The molecule has 0 radical (unpaired) electrons. The molecule has 28 heavy (non-hydrogen) atoms. The van der Waals surface area contributed by atoms with E-state index in [1.807, 2.05) is 24.3 Å². The van der Waals surface area contributed by atoms with Crippen LogP contribution in [-0.2, 0) is 11.3 Å². The molecule has 2 aromatic carbocycles. The molecule has 0 aliphatic carbocycles. The number of nitro benzene ring substituents is 1. The van der Waals surface area contributed by atoms with Gasteiger partial charge in [-0.1, -0.05) is 23.7 Å². The number of halogens is 1. The van der Waals surface area contributed by atoms with Crippen LogP contribution < -0.4 is 5.43 Å². The molecule has 1 fully saturated rings. The second-order valence-corrected chi connectivity index (χ2v) is 7.20. The van der Waals surface area contributed by atoms with Gasteiger partial charge in [-0.25, -0.2) is 5.43 Å². The Balaban J connectivity index is 1.43. The van der Waals surface area contributed by atoms with Crippen LogP contribution in [0.4, 0.5) is 5.69 Å². The van der Waals surface area contributed by atoms with Gasteiger partial charge in [0.05, 0.1) is 11.1 Å². The Morgan fingerprint density at radius 1 is 1.18 bits per heavy atom. The lowest BCUT2D eigenvalue weighted by Crippen LogP contribution is -2.39. The number of nitrogens with one attached hydrogen (secondary N) is 1. The minimum absolute atomic E-state index is 0.0199. The number of nitrogens with zero attached hydrogens (tertiary/aromatic N) is 3. The van der Waals surface area contributed by atoms with Crippen molar-refractivity contribution in [2.45, 2.75) is 19.4 Å². The highest BCUT2D eigenvalue weighted by molar-refractivity contribution is 6.30. The summed E-state index contributed by atoms with van der Waals surface area (Å²) in [5.41, 5.74) is 4.48. The molecule has 1 aliphatic heterocycles. The summed E-state index contributed by atoms with van der Waals surface area (Å²) in [6, 6.07) is 13.8. The van der Waals surface area contributed by atoms with Crippen molar-refractivity contribution in [1.29, 1.82) is 0 Å². The molecule has 1 saturated heterocycles. The molecule has 1 aliphatic rings. The lowest BCUT2D eigenvalue weighted by molar-refractivity contribution is -0.384. The lowest BCUT2D eigenvalue weighted by Gasteiger charge is -2.30. The van der Waals surface area contributed by atoms with E-state index < -0.39 is 4.92 Å². The lowest BCUT2D eigenvalue weighted by atomic mass is 9.96. The molecule has 0 atom stereocenters. The summed E-state index contributed by atoms with van der Waals surface area (Å²) in [4.78, 5) is 24.8. The van der Waals surface area contributed by atoms with Gasteiger partial charge in [-0.15, -0.1) is 0 Å². The third-order valence-corrected chi connectivity index (χ3v) is 5.02. The third-order valence-electron chi connectivity index (χ3n) is 4.77. The van der Waals surface area contributed by atoms with Gasteiger partial charge in [-0.2, -0.15) is 5.10 Å². The van der Waals surface area contributed by atoms with E-state index in [0.29, 0.717) is 5.56 Å². The summed E-state index contributed by atoms with van der Waals surface area (Å²) < 4.78 is 0. The molecule has 0 saturated carbocycles. The smallest absolute Gasteiger partial charge is 0.269 e. The van der Waals surface area contributed by atoms with Gasteiger partial charge < -0.3 is 0 Å². The molecule has 7 nitrogen and oxygen atoms in total. The number of carbonyl (C=O) groups excluding carboxylic acids is 1. The van der Waals surface area contributed by atoms with Gasteiger partial charge in [0, 0.05) is 29.6 Å². The van der Waals surface area contributed by atoms with Crippen LogP contribution in [-0.4, -0.2) is 35.0 Å². The number of non-ortho nitro benzene ring substituents is 1. The first-order valence-corrected chi connectivity index (χ1v) is 9.43. The zero-order valence-corrected chi connectivity index (χ0v) is 16.0. The highest BCUT2D eigenvalue weighted by Gasteiger charge is 2.24. The van der Waals surface area contributed by atoms with Crippen LogP contribution in [0.2, 0.25) is 5.02 Å². The number of carbonyl (C=O) groups is 1. The van der Waals surface area contributed by atoms with Crippen molar-refractivity contribution in [3.8, 4) is 0 Å². The second kappa shape index (κ2) is 9.43. The molecular weight excluding hydrogens is 380 g/mol. The fraction of sp³-hybridized carbons (Fsp3) is 0.300. The molecule has 0 bridgehead atoms. The maximum absolute atomic E-state index is 12.3. The third kappa shape index (κ3) is 5.61. The maximum Gasteiger partial charge on any atom is 0.269 e. The summed E-state index contributed by atoms with van der Waals surface area (Å²) in [5, 5.41) is 15.3. The van der Waals surface area contributed by atoms with E-state index in [2.05, 4.69) is 15.4 Å². The van der Waals surface area contributed by atoms with Crippen LogP contribution >= 0.6 is 11.6 Å². The van der Waals surface area contributed by atoms with Crippen molar-refractivity contribution >= 4 is 29.4 Å². The van der Waals surface area contributed by atoms with Crippen LogP contribution in [0.15, 0.2) is 53.6 Å². The van der Waals surface area contributed by atoms with Crippen molar-refractivity contribution < 1.29 is 9.72 Å². The van der Waals surface area contributed by atoms with E-state index >= 15 is 0 Å². The average Bonchev–Trinajstić information content (AvgIpc) is 2.70. The van der Waals surface area contributed by atoms with Crippen molar-refractivity contribution in [3.63, 3.8) is 0 Å². The Kier molecular flexibility index (Phi) is 6.73. The molecule has 1 heterocycles. The molecule has 0 aromatic heterocycles. The summed E-state index contributed by atoms with van der Waals surface area (Å²) in [7, 11) is 0. The van der Waals surface area contributed by atoms with Gasteiger partial charge in [-0.3, -0.25) is 19.8 Å². The minimum atomic E-state index is -0.456.